The van der Waals surface area contributed by atoms with E-state index >= 15 is 0 Å². The number of hydrogen-bond donors (Lipinski definition) is 1. The average molecular weight is 482 g/mol. The summed E-state index contributed by atoms with van der Waals surface area (Å²) in [7, 11) is -3.13. The minimum atomic E-state index is -3.13. The van der Waals surface area contributed by atoms with Crippen LogP contribution in [0.3, 0.4) is 0 Å². The summed E-state index contributed by atoms with van der Waals surface area (Å²) < 4.78 is 31.1. The molecular weight excluding hydrogens is 454 g/mol. The van der Waals surface area contributed by atoms with Gasteiger partial charge in [-0.2, -0.15) is 0 Å². The number of pyridine rings is 1. The lowest BCUT2D eigenvalue weighted by molar-refractivity contribution is -0.119. The molecule has 0 radical (unpaired) electrons. The zero-order chi connectivity index (χ0) is 23.7. The molecule has 0 spiro atoms. The highest BCUT2D eigenvalue weighted by Gasteiger charge is 2.26. The van der Waals surface area contributed by atoms with E-state index in [0.717, 1.165) is 24.1 Å². The maximum absolute atomic E-state index is 11.8. The molecule has 0 bridgehead atoms. The molecule has 1 aromatic carbocycles. The van der Waals surface area contributed by atoms with Crippen LogP contribution in [0.4, 0.5) is 0 Å². The van der Waals surface area contributed by atoms with E-state index in [0.29, 0.717) is 55.5 Å². The van der Waals surface area contributed by atoms with Gasteiger partial charge in [-0.25, -0.2) is 22.7 Å². The van der Waals surface area contributed by atoms with Gasteiger partial charge in [0.1, 0.15) is 0 Å². The third-order valence-electron chi connectivity index (χ3n) is 6.54. The van der Waals surface area contributed by atoms with Crippen molar-refractivity contribution in [1.82, 2.24) is 24.6 Å². The van der Waals surface area contributed by atoms with Crippen molar-refractivity contribution in [2.75, 3.05) is 32.5 Å². The fourth-order valence-electron chi connectivity index (χ4n) is 4.62. The Labute approximate surface area is 198 Å². The van der Waals surface area contributed by atoms with Crippen LogP contribution < -0.4 is 10.1 Å². The standard InChI is InChI=1S/C24H27N5O4S/c1-34(31,32)29-10-6-18(7-11-29)17-2-4-19(5-3-17)20-13-21-23(26-9-8-25-21)24(28-20)33-15-16-12-22(30)27-14-16/h2-5,8-9,13,16,18H,6-7,10-12,14-15H2,1H3,(H,27,30)/t16-/m0/s1. The molecule has 0 aliphatic carbocycles. The fourth-order valence-corrected chi connectivity index (χ4v) is 5.49. The number of sulfonamides is 1. The van der Waals surface area contributed by atoms with Gasteiger partial charge in [0.05, 0.1) is 24.1 Å². The molecule has 0 unspecified atom stereocenters. The molecule has 2 aromatic heterocycles. The molecule has 1 N–H and O–H groups in total. The molecule has 5 rings (SSSR count). The van der Waals surface area contributed by atoms with E-state index in [1.54, 1.807) is 16.7 Å². The van der Waals surface area contributed by atoms with Crippen LogP contribution in [0.1, 0.15) is 30.7 Å². The first kappa shape index (κ1) is 22.7. The lowest BCUT2D eigenvalue weighted by Crippen LogP contribution is -2.37. The van der Waals surface area contributed by atoms with E-state index < -0.39 is 10.0 Å². The largest absolute Gasteiger partial charge is 0.476 e. The molecule has 2 aliphatic rings. The van der Waals surface area contributed by atoms with Gasteiger partial charge < -0.3 is 10.1 Å². The van der Waals surface area contributed by atoms with E-state index in [4.69, 9.17) is 9.72 Å². The Morgan fingerprint density at radius 3 is 2.53 bits per heavy atom. The summed E-state index contributed by atoms with van der Waals surface area (Å²) in [5.74, 6) is 0.904. The summed E-state index contributed by atoms with van der Waals surface area (Å²) in [6.45, 7) is 2.09. The predicted molar refractivity (Wildman–Crippen MR) is 128 cm³/mol. The highest BCUT2D eigenvalue weighted by Crippen LogP contribution is 2.32. The van der Waals surface area contributed by atoms with Crippen molar-refractivity contribution in [3.8, 4) is 17.1 Å². The summed E-state index contributed by atoms with van der Waals surface area (Å²) in [6.07, 6.45) is 6.60. The number of nitrogens with one attached hydrogen (secondary N) is 1. The van der Waals surface area contributed by atoms with Crippen molar-refractivity contribution >= 4 is 27.0 Å². The van der Waals surface area contributed by atoms with Crippen LogP contribution in [0, 0.1) is 5.92 Å². The van der Waals surface area contributed by atoms with Crippen LogP contribution in [0.2, 0.25) is 0 Å². The van der Waals surface area contributed by atoms with Crippen LogP contribution in [-0.4, -0.2) is 66.1 Å². The molecule has 9 nitrogen and oxygen atoms in total. The molecular formula is C24H27N5O4S. The van der Waals surface area contributed by atoms with Crippen LogP contribution >= 0.6 is 0 Å². The van der Waals surface area contributed by atoms with Gasteiger partial charge in [-0.05, 0) is 30.4 Å². The number of benzene rings is 1. The van der Waals surface area contributed by atoms with Crippen molar-refractivity contribution in [3.05, 3.63) is 48.3 Å². The lowest BCUT2D eigenvalue weighted by atomic mass is 9.89. The number of hydrogen-bond acceptors (Lipinski definition) is 7. The van der Waals surface area contributed by atoms with Crippen LogP contribution in [0.5, 0.6) is 5.88 Å². The Hall–Kier alpha value is -3.11. The number of nitrogens with zero attached hydrogens (tertiary/aromatic N) is 4. The van der Waals surface area contributed by atoms with Crippen molar-refractivity contribution in [2.24, 2.45) is 5.92 Å². The maximum Gasteiger partial charge on any atom is 0.242 e. The summed E-state index contributed by atoms with van der Waals surface area (Å²) in [5.41, 5.74) is 4.17. The first-order chi connectivity index (χ1) is 16.4. The van der Waals surface area contributed by atoms with Crippen molar-refractivity contribution < 1.29 is 17.9 Å². The highest BCUT2D eigenvalue weighted by atomic mass is 32.2. The molecule has 0 saturated carbocycles. The van der Waals surface area contributed by atoms with E-state index in [9.17, 15) is 13.2 Å². The quantitative estimate of drug-likeness (QED) is 0.575. The van der Waals surface area contributed by atoms with E-state index in [-0.39, 0.29) is 11.8 Å². The molecule has 1 atom stereocenters. The van der Waals surface area contributed by atoms with Gasteiger partial charge in [0.15, 0.2) is 5.52 Å². The molecule has 1 amide bonds. The Morgan fingerprint density at radius 2 is 1.85 bits per heavy atom. The Kier molecular flexibility index (Phi) is 6.18. The number of aromatic nitrogens is 3. The van der Waals surface area contributed by atoms with E-state index in [2.05, 4.69) is 27.4 Å². The fraction of sp³-hybridized carbons (Fsp3) is 0.417. The van der Waals surface area contributed by atoms with Crippen molar-refractivity contribution in [3.63, 3.8) is 0 Å². The van der Waals surface area contributed by atoms with Gasteiger partial charge in [-0.15, -0.1) is 0 Å². The third kappa shape index (κ3) is 4.88. The number of rotatable bonds is 6. The molecule has 34 heavy (non-hydrogen) atoms. The second-order valence-electron chi connectivity index (χ2n) is 8.98. The Balaban J connectivity index is 1.35. The Morgan fingerprint density at radius 1 is 1.12 bits per heavy atom. The summed E-state index contributed by atoms with van der Waals surface area (Å²) in [5, 5.41) is 2.82. The van der Waals surface area contributed by atoms with Gasteiger partial charge in [-0.3, -0.25) is 9.78 Å². The van der Waals surface area contributed by atoms with Gasteiger partial charge in [0.2, 0.25) is 21.8 Å². The first-order valence-electron chi connectivity index (χ1n) is 11.4. The smallest absolute Gasteiger partial charge is 0.242 e. The van der Waals surface area contributed by atoms with Crippen molar-refractivity contribution in [1.29, 1.82) is 0 Å². The number of fused-ring (bicyclic) bond motifs is 1. The zero-order valence-corrected chi connectivity index (χ0v) is 19.8. The molecule has 178 valence electrons. The minimum Gasteiger partial charge on any atom is -0.476 e. The molecule has 2 saturated heterocycles. The molecule has 2 fully saturated rings. The number of carbonyl (C=O) groups is 1. The van der Waals surface area contributed by atoms with Gasteiger partial charge in [-0.1, -0.05) is 24.3 Å². The van der Waals surface area contributed by atoms with Gasteiger partial charge >= 0.3 is 0 Å². The molecule has 2 aliphatic heterocycles. The van der Waals surface area contributed by atoms with Crippen LogP contribution in [-0.2, 0) is 14.8 Å². The van der Waals surface area contributed by atoms with Gasteiger partial charge in [0, 0.05) is 49.9 Å². The number of piperidine rings is 1. The van der Waals surface area contributed by atoms with Crippen LogP contribution in [0.25, 0.3) is 22.3 Å². The monoisotopic (exact) mass is 481 g/mol. The molecule has 3 aromatic rings. The maximum atomic E-state index is 11.8. The topological polar surface area (TPSA) is 114 Å². The van der Waals surface area contributed by atoms with Crippen molar-refractivity contribution in [2.45, 2.75) is 25.2 Å². The number of amides is 1. The van der Waals surface area contributed by atoms with E-state index in [1.165, 1.54) is 11.8 Å². The third-order valence-corrected chi connectivity index (χ3v) is 7.85. The molecule has 4 heterocycles. The lowest BCUT2D eigenvalue weighted by Gasteiger charge is -2.30. The first-order valence-corrected chi connectivity index (χ1v) is 13.3. The highest BCUT2D eigenvalue weighted by molar-refractivity contribution is 7.88. The number of carbonyl (C=O) groups excluding carboxylic acids is 1. The van der Waals surface area contributed by atoms with Crippen LogP contribution in [0.15, 0.2) is 42.7 Å². The SMILES string of the molecule is CS(=O)(=O)N1CCC(c2ccc(-c3cc4nccnc4c(OC[C@@H]4CNC(=O)C4)n3)cc2)CC1. The number of ether oxygens (including phenoxy) is 1. The normalized spacial score (nSPS) is 19.9. The summed E-state index contributed by atoms with van der Waals surface area (Å²) in [6, 6.07) is 10.2. The van der Waals surface area contributed by atoms with E-state index in [1.807, 2.05) is 18.2 Å². The second kappa shape index (κ2) is 9.27. The summed E-state index contributed by atoms with van der Waals surface area (Å²) >= 11 is 0. The zero-order valence-electron chi connectivity index (χ0n) is 19.0. The average Bonchev–Trinajstić information content (AvgIpc) is 3.27. The predicted octanol–water partition coefficient (Wildman–Crippen LogP) is 2.35. The summed E-state index contributed by atoms with van der Waals surface area (Å²) in [4.78, 5) is 25.0. The minimum absolute atomic E-state index is 0.0436. The second-order valence-corrected chi connectivity index (χ2v) is 11.0. The van der Waals surface area contributed by atoms with Gasteiger partial charge in [0.25, 0.3) is 0 Å². The Bertz CT molecular complexity index is 1300. The molecule has 10 heteroatoms.